The van der Waals surface area contributed by atoms with Crippen LogP contribution in [0, 0.1) is 5.41 Å². The van der Waals surface area contributed by atoms with Gasteiger partial charge in [0, 0.05) is 25.7 Å². The van der Waals surface area contributed by atoms with Crippen molar-refractivity contribution in [1.29, 1.82) is 0 Å². The Morgan fingerprint density at radius 1 is 1.14 bits per heavy atom. The van der Waals surface area contributed by atoms with Crippen LogP contribution in [-0.2, 0) is 4.79 Å². The lowest BCUT2D eigenvalue weighted by molar-refractivity contribution is -0.126. The van der Waals surface area contributed by atoms with E-state index in [2.05, 4.69) is 27.4 Å². The van der Waals surface area contributed by atoms with Crippen molar-refractivity contribution in [3.63, 3.8) is 0 Å². The highest BCUT2D eigenvalue weighted by molar-refractivity contribution is 5.87. The van der Waals surface area contributed by atoms with E-state index in [-0.39, 0.29) is 11.3 Å². The van der Waals surface area contributed by atoms with E-state index in [1.165, 1.54) is 25.7 Å². The standard InChI is InChI=1S/C19H36N2O/c1-7-9-10-11-14-19(3,4)17-21(15-8-2)18(22)13-12-16-20(5)6/h8,12-13H,2,7,9-11,14-17H2,1,3-6H3/b13-12+. The van der Waals surface area contributed by atoms with Gasteiger partial charge in [-0.25, -0.2) is 0 Å². The molecular formula is C19H36N2O. The van der Waals surface area contributed by atoms with Gasteiger partial charge in [0.25, 0.3) is 0 Å². The first-order chi connectivity index (χ1) is 10.3. The van der Waals surface area contributed by atoms with Crippen molar-refractivity contribution in [2.75, 3.05) is 33.7 Å². The van der Waals surface area contributed by atoms with Gasteiger partial charge >= 0.3 is 0 Å². The Labute approximate surface area is 138 Å². The minimum atomic E-state index is 0.0865. The van der Waals surface area contributed by atoms with E-state index < -0.39 is 0 Å². The van der Waals surface area contributed by atoms with E-state index in [0.717, 1.165) is 19.5 Å². The molecule has 0 spiro atoms. The fourth-order valence-electron chi connectivity index (χ4n) is 2.48. The number of likely N-dealkylation sites (N-methyl/N-ethyl adjacent to an activating group) is 1. The molecule has 0 aromatic rings. The Balaban J connectivity index is 4.50. The molecule has 0 unspecified atom stereocenters. The minimum Gasteiger partial charge on any atom is -0.335 e. The third-order valence-electron chi connectivity index (χ3n) is 3.72. The molecule has 0 rings (SSSR count). The molecule has 0 heterocycles. The zero-order valence-electron chi connectivity index (χ0n) is 15.4. The fraction of sp³-hybridized carbons (Fsp3) is 0.737. The molecule has 0 N–H and O–H groups in total. The lowest BCUT2D eigenvalue weighted by Crippen LogP contribution is -2.38. The van der Waals surface area contributed by atoms with Crippen LogP contribution < -0.4 is 0 Å². The third-order valence-corrected chi connectivity index (χ3v) is 3.72. The van der Waals surface area contributed by atoms with Crippen LogP contribution >= 0.6 is 0 Å². The zero-order valence-corrected chi connectivity index (χ0v) is 15.4. The van der Waals surface area contributed by atoms with Crippen molar-refractivity contribution in [1.82, 2.24) is 9.80 Å². The van der Waals surface area contributed by atoms with E-state index >= 15 is 0 Å². The summed E-state index contributed by atoms with van der Waals surface area (Å²) in [6, 6.07) is 0. The number of nitrogens with zero attached hydrogens (tertiary/aromatic N) is 2. The predicted molar refractivity (Wildman–Crippen MR) is 97.0 cm³/mol. The summed E-state index contributed by atoms with van der Waals surface area (Å²) in [6.07, 6.45) is 11.7. The quantitative estimate of drug-likeness (QED) is 0.308. The molecule has 0 atom stereocenters. The first-order valence-corrected chi connectivity index (χ1v) is 8.53. The van der Waals surface area contributed by atoms with Gasteiger partial charge in [-0.05, 0) is 25.9 Å². The molecule has 0 fully saturated rings. The maximum atomic E-state index is 12.3. The topological polar surface area (TPSA) is 23.6 Å². The van der Waals surface area contributed by atoms with E-state index in [1.807, 2.05) is 36.0 Å². The highest BCUT2D eigenvalue weighted by Crippen LogP contribution is 2.25. The zero-order chi connectivity index (χ0) is 17.0. The minimum absolute atomic E-state index is 0.0865. The molecule has 22 heavy (non-hydrogen) atoms. The van der Waals surface area contributed by atoms with Gasteiger partial charge in [0.2, 0.25) is 5.91 Å². The van der Waals surface area contributed by atoms with Gasteiger partial charge in [0.15, 0.2) is 0 Å². The maximum Gasteiger partial charge on any atom is 0.246 e. The molecule has 0 aliphatic heterocycles. The molecule has 0 saturated carbocycles. The monoisotopic (exact) mass is 308 g/mol. The summed E-state index contributed by atoms with van der Waals surface area (Å²) in [5.74, 6) is 0.0865. The van der Waals surface area contributed by atoms with E-state index in [0.29, 0.717) is 6.54 Å². The second-order valence-corrected chi connectivity index (χ2v) is 7.15. The molecule has 128 valence electrons. The molecule has 3 nitrogen and oxygen atoms in total. The summed E-state index contributed by atoms with van der Waals surface area (Å²) in [7, 11) is 3.99. The third kappa shape index (κ3) is 10.6. The molecule has 0 saturated heterocycles. The van der Waals surface area contributed by atoms with Gasteiger partial charge in [0.05, 0.1) is 0 Å². The van der Waals surface area contributed by atoms with Gasteiger partial charge in [-0.1, -0.05) is 58.6 Å². The summed E-state index contributed by atoms with van der Waals surface area (Å²) >= 11 is 0. The number of amides is 1. The molecule has 1 amide bonds. The number of carbonyl (C=O) groups excluding carboxylic acids is 1. The smallest absolute Gasteiger partial charge is 0.246 e. The van der Waals surface area contributed by atoms with E-state index in [9.17, 15) is 4.79 Å². The van der Waals surface area contributed by atoms with Crippen LogP contribution in [-0.4, -0.2) is 49.4 Å². The van der Waals surface area contributed by atoms with Gasteiger partial charge in [0.1, 0.15) is 0 Å². The van der Waals surface area contributed by atoms with E-state index in [1.54, 1.807) is 6.08 Å². The fourth-order valence-corrected chi connectivity index (χ4v) is 2.48. The first-order valence-electron chi connectivity index (χ1n) is 8.53. The lowest BCUT2D eigenvalue weighted by atomic mass is 9.86. The Morgan fingerprint density at radius 3 is 2.36 bits per heavy atom. The Bertz CT molecular complexity index is 345. The summed E-state index contributed by atoms with van der Waals surface area (Å²) in [5, 5.41) is 0. The van der Waals surface area contributed by atoms with Gasteiger partial charge in [-0.15, -0.1) is 6.58 Å². The van der Waals surface area contributed by atoms with Crippen LogP contribution in [0.25, 0.3) is 0 Å². The SMILES string of the molecule is C=CCN(CC(C)(C)CCCCCC)C(=O)/C=C/CN(C)C. The Morgan fingerprint density at radius 2 is 1.82 bits per heavy atom. The number of rotatable bonds is 12. The summed E-state index contributed by atoms with van der Waals surface area (Å²) in [4.78, 5) is 16.3. The number of hydrogen-bond acceptors (Lipinski definition) is 2. The lowest BCUT2D eigenvalue weighted by Gasteiger charge is -2.32. The molecule has 0 aromatic heterocycles. The predicted octanol–water partition coefficient (Wildman–Crippen LogP) is 4.12. The summed E-state index contributed by atoms with van der Waals surface area (Å²) in [6.45, 7) is 12.7. The summed E-state index contributed by atoms with van der Waals surface area (Å²) in [5.41, 5.74) is 0.155. The normalized spacial score (nSPS) is 12.1. The Kier molecular flexibility index (Phi) is 10.9. The molecule has 0 aliphatic rings. The van der Waals surface area contributed by atoms with Crippen LogP contribution in [0.2, 0.25) is 0 Å². The molecule has 0 bridgehead atoms. The molecule has 0 aliphatic carbocycles. The van der Waals surface area contributed by atoms with Crippen LogP contribution in [0.1, 0.15) is 52.9 Å². The second kappa shape index (κ2) is 11.5. The number of hydrogen-bond donors (Lipinski definition) is 0. The van der Waals surface area contributed by atoms with Crippen LogP contribution in [0.3, 0.4) is 0 Å². The average molecular weight is 309 g/mol. The van der Waals surface area contributed by atoms with Gasteiger partial charge in [-0.3, -0.25) is 4.79 Å². The largest absolute Gasteiger partial charge is 0.335 e. The molecular weight excluding hydrogens is 272 g/mol. The number of unbranched alkanes of at least 4 members (excludes halogenated alkanes) is 3. The highest BCUT2D eigenvalue weighted by Gasteiger charge is 2.23. The molecule has 0 aromatic carbocycles. The highest BCUT2D eigenvalue weighted by atomic mass is 16.2. The molecule has 0 radical (unpaired) electrons. The van der Waals surface area contributed by atoms with Gasteiger partial charge in [-0.2, -0.15) is 0 Å². The van der Waals surface area contributed by atoms with Crippen molar-refractivity contribution < 1.29 is 4.79 Å². The number of carbonyl (C=O) groups is 1. The van der Waals surface area contributed by atoms with Crippen molar-refractivity contribution in [3.05, 3.63) is 24.8 Å². The van der Waals surface area contributed by atoms with Crippen LogP contribution in [0.4, 0.5) is 0 Å². The van der Waals surface area contributed by atoms with E-state index in [4.69, 9.17) is 0 Å². The van der Waals surface area contributed by atoms with Crippen molar-refractivity contribution in [3.8, 4) is 0 Å². The maximum absolute atomic E-state index is 12.3. The van der Waals surface area contributed by atoms with Crippen LogP contribution in [0.5, 0.6) is 0 Å². The molecule has 3 heteroatoms. The van der Waals surface area contributed by atoms with Crippen molar-refractivity contribution >= 4 is 5.91 Å². The van der Waals surface area contributed by atoms with Crippen molar-refractivity contribution in [2.24, 2.45) is 5.41 Å². The van der Waals surface area contributed by atoms with Crippen molar-refractivity contribution in [2.45, 2.75) is 52.9 Å². The first kappa shape index (κ1) is 20.9. The average Bonchev–Trinajstić information content (AvgIpc) is 2.42. The summed E-state index contributed by atoms with van der Waals surface area (Å²) < 4.78 is 0. The van der Waals surface area contributed by atoms with Crippen LogP contribution in [0.15, 0.2) is 24.8 Å². The Hall–Kier alpha value is -1.09. The second-order valence-electron chi connectivity index (χ2n) is 7.15. The van der Waals surface area contributed by atoms with Gasteiger partial charge < -0.3 is 9.80 Å².